The van der Waals surface area contributed by atoms with Crippen molar-refractivity contribution in [1.82, 2.24) is 19.8 Å². The van der Waals surface area contributed by atoms with Crippen LogP contribution in [0.4, 0.5) is 4.39 Å². The number of piperazine rings is 1. The molecule has 2 fully saturated rings. The van der Waals surface area contributed by atoms with E-state index in [4.69, 9.17) is 4.74 Å². The van der Waals surface area contributed by atoms with Crippen LogP contribution in [0.1, 0.15) is 12.0 Å². The molecule has 0 N–H and O–H groups in total. The van der Waals surface area contributed by atoms with Gasteiger partial charge in [-0.25, -0.2) is 14.4 Å². The Labute approximate surface area is 151 Å². The molecule has 0 unspecified atom stereocenters. The molecule has 2 aliphatic heterocycles. The summed E-state index contributed by atoms with van der Waals surface area (Å²) in [6.45, 7) is 3.08. The average molecular weight is 356 g/mol. The molecule has 0 spiro atoms. The number of rotatable bonds is 4. The molecule has 7 heteroatoms. The Morgan fingerprint density at radius 2 is 2.08 bits per heavy atom. The highest BCUT2D eigenvalue weighted by molar-refractivity contribution is 5.79. The normalized spacial score (nSPS) is 22.9. The molecule has 1 aromatic carbocycles. The third-order valence-corrected chi connectivity index (χ3v) is 5.01. The molecular weight excluding hydrogens is 335 g/mol. The molecule has 1 aromatic heterocycles. The average Bonchev–Trinajstić information content (AvgIpc) is 3.04. The summed E-state index contributed by atoms with van der Waals surface area (Å²) in [4.78, 5) is 24.8. The van der Waals surface area contributed by atoms with E-state index in [9.17, 15) is 9.18 Å². The third kappa shape index (κ3) is 3.83. The molecule has 2 aliphatic rings. The first kappa shape index (κ1) is 16.9. The molecular formula is C19H21FN4O2. The largest absolute Gasteiger partial charge is 0.486 e. The summed E-state index contributed by atoms with van der Waals surface area (Å²) in [7, 11) is 0. The lowest BCUT2D eigenvalue weighted by Gasteiger charge is -2.37. The van der Waals surface area contributed by atoms with Gasteiger partial charge in [0.15, 0.2) is 5.75 Å². The van der Waals surface area contributed by atoms with Gasteiger partial charge >= 0.3 is 0 Å². The Balaban J connectivity index is 1.33. The highest BCUT2D eigenvalue weighted by Crippen LogP contribution is 2.25. The standard InChI is InChI=1S/C19H21FN4O2/c20-15-3-1-2-14(6-15)7-19(25)24-5-4-23-12-17(8-16(23)11-24)26-18-9-21-13-22-10-18/h1-3,6,9-10,13,16-17H,4-5,7-8,11-12H2/t16-,17+/m0/s1. The fraction of sp³-hybridized carbons (Fsp3) is 0.421. The van der Waals surface area contributed by atoms with Crippen molar-refractivity contribution < 1.29 is 13.9 Å². The highest BCUT2D eigenvalue weighted by atomic mass is 19.1. The van der Waals surface area contributed by atoms with E-state index in [1.54, 1.807) is 24.5 Å². The van der Waals surface area contributed by atoms with Gasteiger partial charge in [-0.2, -0.15) is 0 Å². The molecule has 0 radical (unpaired) electrons. The number of carbonyl (C=O) groups is 1. The summed E-state index contributed by atoms with van der Waals surface area (Å²) >= 11 is 0. The lowest BCUT2D eigenvalue weighted by atomic mass is 10.1. The van der Waals surface area contributed by atoms with Gasteiger partial charge in [0.05, 0.1) is 18.8 Å². The van der Waals surface area contributed by atoms with Crippen molar-refractivity contribution in [3.63, 3.8) is 0 Å². The van der Waals surface area contributed by atoms with Crippen LogP contribution in [-0.4, -0.2) is 64.0 Å². The maximum Gasteiger partial charge on any atom is 0.227 e. The molecule has 3 heterocycles. The van der Waals surface area contributed by atoms with Crippen molar-refractivity contribution in [3.8, 4) is 5.75 Å². The minimum Gasteiger partial charge on any atom is -0.486 e. The van der Waals surface area contributed by atoms with E-state index in [1.807, 2.05) is 4.90 Å². The molecule has 26 heavy (non-hydrogen) atoms. The number of benzene rings is 1. The summed E-state index contributed by atoms with van der Waals surface area (Å²) in [6, 6.07) is 6.55. The Kier molecular flexibility index (Phi) is 4.79. The smallest absolute Gasteiger partial charge is 0.227 e. The number of hydrogen-bond donors (Lipinski definition) is 0. The van der Waals surface area contributed by atoms with Crippen LogP contribution in [0.15, 0.2) is 43.0 Å². The number of aromatic nitrogens is 2. The first-order valence-electron chi connectivity index (χ1n) is 8.85. The minimum atomic E-state index is -0.305. The highest BCUT2D eigenvalue weighted by Gasteiger charge is 2.38. The SMILES string of the molecule is O=C(Cc1cccc(F)c1)N1CCN2C[C@H](Oc3cncnc3)C[C@H]2C1. The van der Waals surface area contributed by atoms with E-state index in [1.165, 1.54) is 18.5 Å². The van der Waals surface area contributed by atoms with Crippen LogP contribution in [0.3, 0.4) is 0 Å². The van der Waals surface area contributed by atoms with Gasteiger partial charge < -0.3 is 9.64 Å². The van der Waals surface area contributed by atoms with Gasteiger partial charge in [-0.3, -0.25) is 9.69 Å². The van der Waals surface area contributed by atoms with Crippen molar-refractivity contribution >= 4 is 5.91 Å². The van der Waals surface area contributed by atoms with E-state index in [2.05, 4.69) is 14.9 Å². The van der Waals surface area contributed by atoms with E-state index in [0.29, 0.717) is 30.4 Å². The fourth-order valence-electron chi connectivity index (χ4n) is 3.78. The molecule has 1 amide bonds. The maximum absolute atomic E-state index is 13.3. The first-order valence-corrected chi connectivity index (χ1v) is 8.85. The van der Waals surface area contributed by atoms with Crippen LogP contribution in [0.2, 0.25) is 0 Å². The number of fused-ring (bicyclic) bond motifs is 1. The van der Waals surface area contributed by atoms with Crippen LogP contribution in [0.25, 0.3) is 0 Å². The van der Waals surface area contributed by atoms with Gasteiger partial charge in [0, 0.05) is 38.6 Å². The van der Waals surface area contributed by atoms with Crippen molar-refractivity contribution in [2.24, 2.45) is 0 Å². The van der Waals surface area contributed by atoms with Gasteiger partial charge in [-0.1, -0.05) is 12.1 Å². The lowest BCUT2D eigenvalue weighted by molar-refractivity contribution is -0.133. The second-order valence-corrected chi connectivity index (χ2v) is 6.84. The zero-order valence-corrected chi connectivity index (χ0v) is 14.4. The van der Waals surface area contributed by atoms with Gasteiger partial charge in [-0.15, -0.1) is 0 Å². The van der Waals surface area contributed by atoms with E-state index in [-0.39, 0.29) is 24.2 Å². The van der Waals surface area contributed by atoms with Crippen molar-refractivity contribution in [2.75, 3.05) is 26.2 Å². The number of hydrogen-bond acceptors (Lipinski definition) is 5. The topological polar surface area (TPSA) is 58.6 Å². The monoisotopic (exact) mass is 356 g/mol. The molecule has 4 rings (SSSR count). The second-order valence-electron chi connectivity index (χ2n) is 6.84. The van der Waals surface area contributed by atoms with Crippen LogP contribution < -0.4 is 4.74 Å². The molecule has 2 aromatic rings. The van der Waals surface area contributed by atoms with Crippen LogP contribution in [0, 0.1) is 5.82 Å². The van der Waals surface area contributed by atoms with E-state index in [0.717, 1.165) is 19.5 Å². The minimum absolute atomic E-state index is 0.0519. The Hall–Kier alpha value is -2.54. The fourth-order valence-corrected chi connectivity index (χ4v) is 3.78. The maximum atomic E-state index is 13.3. The summed E-state index contributed by atoms with van der Waals surface area (Å²) in [5.41, 5.74) is 0.717. The second kappa shape index (κ2) is 7.37. The van der Waals surface area contributed by atoms with Crippen LogP contribution >= 0.6 is 0 Å². The Bertz CT molecular complexity index is 773. The van der Waals surface area contributed by atoms with Crippen molar-refractivity contribution in [1.29, 1.82) is 0 Å². The molecule has 136 valence electrons. The quantitative estimate of drug-likeness (QED) is 0.831. The first-order chi connectivity index (χ1) is 12.7. The zero-order chi connectivity index (χ0) is 17.9. The van der Waals surface area contributed by atoms with Crippen LogP contribution in [0.5, 0.6) is 5.75 Å². The van der Waals surface area contributed by atoms with Crippen molar-refractivity contribution in [2.45, 2.75) is 25.0 Å². The Morgan fingerprint density at radius 3 is 2.88 bits per heavy atom. The molecule has 0 aliphatic carbocycles. The molecule has 0 bridgehead atoms. The van der Waals surface area contributed by atoms with Gasteiger partial charge in [0.1, 0.15) is 18.2 Å². The summed E-state index contributed by atoms with van der Waals surface area (Å²) in [5, 5.41) is 0. The van der Waals surface area contributed by atoms with E-state index >= 15 is 0 Å². The molecule has 0 saturated carbocycles. The number of halogens is 1. The lowest BCUT2D eigenvalue weighted by Crippen LogP contribution is -2.52. The summed E-state index contributed by atoms with van der Waals surface area (Å²) in [6.07, 6.45) is 6.01. The number of amides is 1. The van der Waals surface area contributed by atoms with Crippen molar-refractivity contribution in [3.05, 3.63) is 54.4 Å². The summed E-state index contributed by atoms with van der Waals surface area (Å²) < 4.78 is 19.3. The zero-order valence-electron chi connectivity index (χ0n) is 14.4. The van der Waals surface area contributed by atoms with Gasteiger partial charge in [0.2, 0.25) is 5.91 Å². The van der Waals surface area contributed by atoms with Gasteiger partial charge in [-0.05, 0) is 17.7 Å². The Morgan fingerprint density at radius 1 is 1.23 bits per heavy atom. The molecule has 2 atom stereocenters. The van der Waals surface area contributed by atoms with Gasteiger partial charge in [0.25, 0.3) is 0 Å². The molecule has 6 nitrogen and oxygen atoms in total. The van der Waals surface area contributed by atoms with E-state index < -0.39 is 0 Å². The number of carbonyl (C=O) groups excluding carboxylic acids is 1. The van der Waals surface area contributed by atoms with Crippen LogP contribution in [-0.2, 0) is 11.2 Å². The summed E-state index contributed by atoms with van der Waals surface area (Å²) in [5.74, 6) is 0.424. The molecule has 2 saturated heterocycles. The predicted octanol–water partition coefficient (Wildman–Crippen LogP) is 1.52. The third-order valence-electron chi connectivity index (χ3n) is 5.01. The number of nitrogens with zero attached hydrogens (tertiary/aromatic N) is 4. The number of ether oxygens (including phenoxy) is 1. The predicted molar refractivity (Wildman–Crippen MR) is 93.1 cm³/mol.